The summed E-state index contributed by atoms with van der Waals surface area (Å²) in [5.74, 6) is 2.32. The Morgan fingerprint density at radius 2 is 1.81 bits per heavy atom. The molecule has 1 saturated carbocycles. The summed E-state index contributed by atoms with van der Waals surface area (Å²) in [5, 5.41) is 3.96. The van der Waals surface area contributed by atoms with Crippen LogP contribution < -0.4 is 4.90 Å². The van der Waals surface area contributed by atoms with E-state index in [2.05, 4.69) is 27.2 Å². The number of hydrogen-bond donors (Lipinski definition) is 0. The Labute approximate surface area is 160 Å². The molecule has 1 saturated heterocycles. The topological polar surface area (TPSA) is 62.5 Å². The average Bonchev–Trinajstić information content (AvgIpc) is 3.38. The number of amides is 1. The van der Waals surface area contributed by atoms with E-state index in [1.165, 1.54) is 31.4 Å². The Balaban J connectivity index is 1.27. The van der Waals surface area contributed by atoms with Gasteiger partial charge in [0.1, 0.15) is 0 Å². The molecular weight excluding hydrogens is 340 g/mol. The molecule has 2 heterocycles. The SMILES string of the molecule is Cc1nc(-c2ccc(N3CCN(C(=O)CCC4CCCC4)CC3)cc2)no1. The Bertz CT molecular complexity index is 757. The predicted octanol–water partition coefficient (Wildman–Crippen LogP) is 3.66. The molecule has 1 aliphatic carbocycles. The number of carbonyl (C=O) groups is 1. The molecule has 0 atom stereocenters. The molecule has 1 amide bonds. The second-order valence-corrected chi connectivity index (χ2v) is 7.74. The van der Waals surface area contributed by atoms with Crippen molar-refractivity contribution in [3.63, 3.8) is 0 Å². The van der Waals surface area contributed by atoms with Gasteiger partial charge in [0.2, 0.25) is 17.6 Å². The van der Waals surface area contributed by atoms with E-state index < -0.39 is 0 Å². The molecule has 0 bridgehead atoms. The normalized spacial score (nSPS) is 18.3. The highest BCUT2D eigenvalue weighted by molar-refractivity contribution is 5.76. The van der Waals surface area contributed by atoms with Gasteiger partial charge in [0, 0.05) is 50.8 Å². The van der Waals surface area contributed by atoms with Crippen molar-refractivity contribution >= 4 is 11.6 Å². The van der Waals surface area contributed by atoms with Crippen LogP contribution in [-0.4, -0.2) is 47.1 Å². The van der Waals surface area contributed by atoms with E-state index in [-0.39, 0.29) is 0 Å². The van der Waals surface area contributed by atoms with Gasteiger partial charge in [0.15, 0.2) is 0 Å². The highest BCUT2D eigenvalue weighted by Gasteiger charge is 2.23. The summed E-state index contributed by atoms with van der Waals surface area (Å²) in [4.78, 5) is 21.1. The molecule has 0 radical (unpaired) electrons. The van der Waals surface area contributed by atoms with Crippen LogP contribution in [0, 0.1) is 12.8 Å². The molecule has 2 aromatic rings. The zero-order chi connectivity index (χ0) is 18.6. The molecule has 0 spiro atoms. The summed E-state index contributed by atoms with van der Waals surface area (Å²) < 4.78 is 5.04. The third-order valence-electron chi connectivity index (χ3n) is 5.89. The van der Waals surface area contributed by atoms with Crippen molar-refractivity contribution in [1.82, 2.24) is 15.0 Å². The quantitative estimate of drug-likeness (QED) is 0.806. The molecule has 1 aromatic carbocycles. The zero-order valence-corrected chi connectivity index (χ0v) is 16.1. The second-order valence-electron chi connectivity index (χ2n) is 7.74. The third-order valence-corrected chi connectivity index (χ3v) is 5.89. The van der Waals surface area contributed by atoms with Gasteiger partial charge in [-0.1, -0.05) is 30.8 Å². The fraction of sp³-hybridized carbons (Fsp3) is 0.571. The first-order chi connectivity index (χ1) is 13.2. The minimum atomic E-state index is 0.337. The fourth-order valence-corrected chi connectivity index (χ4v) is 4.24. The summed E-state index contributed by atoms with van der Waals surface area (Å²) in [5.41, 5.74) is 2.13. The molecule has 1 aliphatic heterocycles. The van der Waals surface area contributed by atoms with Gasteiger partial charge in [0.05, 0.1) is 0 Å². The summed E-state index contributed by atoms with van der Waals surface area (Å²) in [6.07, 6.45) is 7.14. The number of rotatable bonds is 5. The predicted molar refractivity (Wildman–Crippen MR) is 104 cm³/mol. The molecule has 0 unspecified atom stereocenters. The molecular formula is C21H28N4O2. The first-order valence-electron chi connectivity index (χ1n) is 10.1. The molecule has 2 fully saturated rings. The number of carbonyl (C=O) groups excluding carboxylic acids is 1. The number of hydrogen-bond acceptors (Lipinski definition) is 5. The highest BCUT2D eigenvalue weighted by atomic mass is 16.5. The van der Waals surface area contributed by atoms with Crippen molar-refractivity contribution < 1.29 is 9.32 Å². The Morgan fingerprint density at radius 1 is 1.11 bits per heavy atom. The molecule has 6 nitrogen and oxygen atoms in total. The lowest BCUT2D eigenvalue weighted by Crippen LogP contribution is -2.48. The smallest absolute Gasteiger partial charge is 0.223 e. The monoisotopic (exact) mass is 368 g/mol. The maximum absolute atomic E-state index is 12.5. The first-order valence-corrected chi connectivity index (χ1v) is 10.1. The minimum Gasteiger partial charge on any atom is -0.368 e. The lowest BCUT2D eigenvalue weighted by atomic mass is 10.0. The summed E-state index contributed by atoms with van der Waals surface area (Å²) in [7, 11) is 0. The van der Waals surface area contributed by atoms with Crippen molar-refractivity contribution in [2.75, 3.05) is 31.1 Å². The van der Waals surface area contributed by atoms with Crippen LogP contribution in [0.3, 0.4) is 0 Å². The lowest BCUT2D eigenvalue weighted by Gasteiger charge is -2.36. The standard InChI is InChI=1S/C21H28N4O2/c1-16-22-21(23-27-16)18-7-9-19(10-8-18)24-12-14-25(15-13-24)20(26)11-6-17-4-2-3-5-17/h7-10,17H,2-6,11-15H2,1H3. The van der Waals surface area contributed by atoms with Crippen molar-refractivity contribution in [3.8, 4) is 11.4 Å². The number of piperazine rings is 1. The van der Waals surface area contributed by atoms with Crippen LogP contribution >= 0.6 is 0 Å². The van der Waals surface area contributed by atoms with Crippen LogP contribution in [0.1, 0.15) is 44.4 Å². The van der Waals surface area contributed by atoms with Crippen LogP contribution in [0.2, 0.25) is 0 Å². The van der Waals surface area contributed by atoms with E-state index in [1.54, 1.807) is 6.92 Å². The molecule has 144 valence electrons. The summed E-state index contributed by atoms with van der Waals surface area (Å²) in [6, 6.07) is 8.24. The third kappa shape index (κ3) is 4.31. The minimum absolute atomic E-state index is 0.337. The van der Waals surface area contributed by atoms with E-state index in [4.69, 9.17) is 4.52 Å². The zero-order valence-electron chi connectivity index (χ0n) is 16.1. The van der Waals surface area contributed by atoms with Gasteiger partial charge in [0.25, 0.3) is 0 Å². The molecule has 27 heavy (non-hydrogen) atoms. The van der Waals surface area contributed by atoms with Crippen LogP contribution in [-0.2, 0) is 4.79 Å². The maximum Gasteiger partial charge on any atom is 0.223 e. The van der Waals surface area contributed by atoms with Crippen molar-refractivity contribution in [2.24, 2.45) is 5.92 Å². The van der Waals surface area contributed by atoms with Gasteiger partial charge >= 0.3 is 0 Å². The van der Waals surface area contributed by atoms with Crippen molar-refractivity contribution in [3.05, 3.63) is 30.2 Å². The Kier molecular flexibility index (Phi) is 5.41. The Morgan fingerprint density at radius 3 is 2.44 bits per heavy atom. The lowest BCUT2D eigenvalue weighted by molar-refractivity contribution is -0.131. The number of benzene rings is 1. The Hall–Kier alpha value is -2.37. The summed E-state index contributed by atoms with van der Waals surface area (Å²) in [6.45, 7) is 5.19. The van der Waals surface area contributed by atoms with Crippen LogP contribution in [0.5, 0.6) is 0 Å². The van der Waals surface area contributed by atoms with Gasteiger partial charge in [-0.05, 0) is 36.6 Å². The van der Waals surface area contributed by atoms with Gasteiger partial charge in [-0.15, -0.1) is 0 Å². The number of nitrogens with zero attached hydrogens (tertiary/aromatic N) is 4. The molecule has 1 aromatic heterocycles. The maximum atomic E-state index is 12.5. The van der Waals surface area contributed by atoms with Crippen LogP contribution in [0.4, 0.5) is 5.69 Å². The molecule has 6 heteroatoms. The van der Waals surface area contributed by atoms with E-state index >= 15 is 0 Å². The summed E-state index contributed by atoms with van der Waals surface area (Å²) >= 11 is 0. The average molecular weight is 368 g/mol. The van der Waals surface area contributed by atoms with E-state index in [0.717, 1.165) is 50.5 Å². The molecule has 2 aliphatic rings. The molecule has 4 rings (SSSR count). The van der Waals surface area contributed by atoms with Crippen molar-refractivity contribution in [1.29, 1.82) is 0 Å². The van der Waals surface area contributed by atoms with Gasteiger partial charge in [-0.25, -0.2) is 0 Å². The van der Waals surface area contributed by atoms with Crippen LogP contribution in [0.15, 0.2) is 28.8 Å². The van der Waals surface area contributed by atoms with Gasteiger partial charge in [-0.3, -0.25) is 4.79 Å². The van der Waals surface area contributed by atoms with Gasteiger partial charge < -0.3 is 14.3 Å². The second kappa shape index (κ2) is 8.11. The molecule has 0 N–H and O–H groups in total. The van der Waals surface area contributed by atoms with Gasteiger partial charge in [-0.2, -0.15) is 4.98 Å². The number of aromatic nitrogens is 2. The largest absolute Gasteiger partial charge is 0.368 e. The van der Waals surface area contributed by atoms with Crippen LogP contribution in [0.25, 0.3) is 11.4 Å². The first kappa shape index (κ1) is 18.0. The fourth-order valence-electron chi connectivity index (χ4n) is 4.24. The number of anilines is 1. The number of aryl methyl sites for hydroxylation is 1. The van der Waals surface area contributed by atoms with E-state index in [1.807, 2.05) is 17.0 Å². The highest BCUT2D eigenvalue weighted by Crippen LogP contribution is 2.29. The van der Waals surface area contributed by atoms with E-state index in [9.17, 15) is 4.79 Å². The van der Waals surface area contributed by atoms with E-state index in [0.29, 0.717) is 17.6 Å². The van der Waals surface area contributed by atoms with Crippen molar-refractivity contribution in [2.45, 2.75) is 45.4 Å².